The Balaban J connectivity index is 1.97. The fourth-order valence-electron chi connectivity index (χ4n) is 2.50. The van der Waals surface area contributed by atoms with E-state index >= 15 is 0 Å². The van der Waals surface area contributed by atoms with Crippen molar-refractivity contribution in [1.29, 1.82) is 0 Å². The normalized spacial score (nSPS) is 20.5. The number of rotatable bonds is 3. The minimum atomic E-state index is -3.71. The molecule has 1 aromatic heterocycles. The van der Waals surface area contributed by atoms with Gasteiger partial charge in [-0.2, -0.15) is 9.52 Å². The molecule has 0 unspecified atom stereocenters. The molecular weight excluding hydrogens is 297 g/mol. The molecule has 9 heteroatoms. The van der Waals surface area contributed by atoms with Crippen LogP contribution >= 0.6 is 0 Å². The van der Waals surface area contributed by atoms with E-state index in [1.165, 1.54) is 16.4 Å². The number of tetrazole rings is 1. The molecule has 2 heterocycles. The highest BCUT2D eigenvalue weighted by atomic mass is 32.2. The third kappa shape index (κ3) is 2.66. The molecule has 112 valence electrons. The van der Waals surface area contributed by atoms with Crippen molar-refractivity contribution in [3.8, 4) is 0 Å². The monoisotopic (exact) mass is 311 g/mol. The van der Waals surface area contributed by atoms with E-state index in [2.05, 4.69) is 20.6 Å². The van der Waals surface area contributed by atoms with Gasteiger partial charge in [-0.1, -0.05) is 11.6 Å². The first kappa shape index (κ1) is 14.1. The number of nitrogens with zero attached hydrogens (tertiary/aromatic N) is 4. The lowest BCUT2D eigenvalue weighted by Crippen LogP contribution is -2.39. The van der Waals surface area contributed by atoms with Crippen molar-refractivity contribution in [1.82, 2.24) is 24.9 Å². The van der Waals surface area contributed by atoms with E-state index in [1.807, 2.05) is 0 Å². The van der Waals surface area contributed by atoms with Crippen molar-refractivity contribution >= 4 is 10.0 Å². The van der Waals surface area contributed by atoms with Gasteiger partial charge < -0.3 is 0 Å². The molecule has 0 amide bonds. The zero-order valence-corrected chi connectivity index (χ0v) is 11.9. The van der Waals surface area contributed by atoms with Crippen LogP contribution in [0.1, 0.15) is 31.1 Å². The van der Waals surface area contributed by atoms with Crippen LogP contribution in [0.3, 0.4) is 0 Å². The van der Waals surface area contributed by atoms with Gasteiger partial charge in [0.2, 0.25) is 10.0 Å². The van der Waals surface area contributed by atoms with Crippen LogP contribution < -0.4 is 0 Å². The van der Waals surface area contributed by atoms with E-state index in [9.17, 15) is 12.8 Å². The third-order valence-electron chi connectivity index (χ3n) is 3.53. The fourth-order valence-corrected chi connectivity index (χ4v) is 4.16. The molecule has 1 aliphatic rings. The molecule has 3 rings (SSSR count). The average Bonchev–Trinajstić information content (AvgIpc) is 3.02. The van der Waals surface area contributed by atoms with Crippen LogP contribution in [0, 0.1) is 5.82 Å². The summed E-state index contributed by atoms with van der Waals surface area (Å²) in [5, 5.41) is 13.6. The highest BCUT2D eigenvalue weighted by Gasteiger charge is 2.36. The second kappa shape index (κ2) is 5.49. The summed E-state index contributed by atoms with van der Waals surface area (Å²) in [6.07, 6.45) is 2.31. The second-order valence-electron chi connectivity index (χ2n) is 4.85. The van der Waals surface area contributed by atoms with Gasteiger partial charge in [0.25, 0.3) is 0 Å². The van der Waals surface area contributed by atoms with E-state index in [0.717, 1.165) is 25.0 Å². The molecule has 7 nitrogen and oxygen atoms in total. The van der Waals surface area contributed by atoms with Crippen LogP contribution in [0.25, 0.3) is 0 Å². The first-order valence-electron chi connectivity index (χ1n) is 6.60. The van der Waals surface area contributed by atoms with Gasteiger partial charge in [-0.05, 0) is 37.1 Å². The smallest absolute Gasteiger partial charge is 0.207 e. The molecule has 0 radical (unpaired) electrons. The minimum absolute atomic E-state index is 0.0688. The Morgan fingerprint density at radius 3 is 2.67 bits per heavy atom. The summed E-state index contributed by atoms with van der Waals surface area (Å²) in [5.41, 5.74) is 0. The highest BCUT2D eigenvalue weighted by Crippen LogP contribution is 2.33. The molecule has 1 aliphatic heterocycles. The Kier molecular flexibility index (Phi) is 3.68. The summed E-state index contributed by atoms with van der Waals surface area (Å²) in [4.78, 5) is 0.0688. The van der Waals surface area contributed by atoms with Crippen LogP contribution in [0.2, 0.25) is 0 Å². The molecular formula is C12H14FN5O2S. The van der Waals surface area contributed by atoms with Gasteiger partial charge in [-0.3, -0.25) is 0 Å². The molecule has 1 N–H and O–H groups in total. The number of hydrogen-bond donors (Lipinski definition) is 1. The third-order valence-corrected chi connectivity index (χ3v) is 5.46. The van der Waals surface area contributed by atoms with Crippen molar-refractivity contribution in [2.45, 2.75) is 30.2 Å². The van der Waals surface area contributed by atoms with Crippen LogP contribution in [0.5, 0.6) is 0 Å². The number of piperidine rings is 1. The fraction of sp³-hybridized carbons (Fsp3) is 0.417. The Morgan fingerprint density at radius 2 is 2.00 bits per heavy atom. The number of sulfonamides is 1. The van der Waals surface area contributed by atoms with Gasteiger partial charge in [0, 0.05) is 6.54 Å². The molecule has 1 saturated heterocycles. The van der Waals surface area contributed by atoms with Crippen LogP contribution in [0.15, 0.2) is 29.2 Å². The number of aromatic nitrogens is 4. The van der Waals surface area contributed by atoms with Crippen LogP contribution in [-0.2, 0) is 10.0 Å². The summed E-state index contributed by atoms with van der Waals surface area (Å²) in [5.74, 6) is -0.109. The first-order chi connectivity index (χ1) is 10.1. The lowest BCUT2D eigenvalue weighted by molar-refractivity contribution is 0.246. The SMILES string of the molecule is O=S(=O)(c1ccc(F)cc1)N1CCCC[C@H]1c1nn[nH]n1. The first-order valence-corrected chi connectivity index (χ1v) is 8.04. The van der Waals surface area contributed by atoms with Gasteiger partial charge >= 0.3 is 0 Å². The predicted octanol–water partition coefficient (Wildman–Crippen LogP) is 1.25. The molecule has 0 saturated carbocycles. The predicted molar refractivity (Wildman–Crippen MR) is 71.1 cm³/mol. The summed E-state index contributed by atoms with van der Waals surface area (Å²) < 4.78 is 39.8. The number of hydrogen-bond acceptors (Lipinski definition) is 5. The quantitative estimate of drug-likeness (QED) is 0.921. The topological polar surface area (TPSA) is 91.8 Å². The van der Waals surface area contributed by atoms with Gasteiger partial charge in [0.1, 0.15) is 5.82 Å². The standard InChI is InChI=1S/C12H14FN5O2S/c13-9-4-6-10(7-5-9)21(19,20)18-8-2-1-3-11(18)12-14-16-17-15-12/h4-7,11H,1-3,8H2,(H,14,15,16,17)/t11-/m0/s1. The maximum absolute atomic E-state index is 13.0. The number of nitrogens with one attached hydrogen (secondary N) is 1. The molecule has 2 aromatic rings. The summed E-state index contributed by atoms with van der Waals surface area (Å²) in [6.45, 7) is 0.388. The molecule has 0 spiro atoms. The van der Waals surface area contributed by atoms with E-state index in [0.29, 0.717) is 18.8 Å². The number of aromatic amines is 1. The molecule has 0 bridgehead atoms. The van der Waals surface area contributed by atoms with Crippen molar-refractivity contribution in [2.24, 2.45) is 0 Å². The highest BCUT2D eigenvalue weighted by molar-refractivity contribution is 7.89. The summed E-state index contributed by atoms with van der Waals surface area (Å²) in [7, 11) is -3.71. The van der Waals surface area contributed by atoms with Crippen LogP contribution in [0.4, 0.5) is 4.39 Å². The summed E-state index contributed by atoms with van der Waals surface area (Å²) in [6, 6.07) is 4.38. The Morgan fingerprint density at radius 1 is 1.24 bits per heavy atom. The molecule has 1 fully saturated rings. The number of halogens is 1. The zero-order valence-electron chi connectivity index (χ0n) is 11.1. The van der Waals surface area contributed by atoms with Crippen molar-refractivity contribution in [3.05, 3.63) is 35.9 Å². The molecule has 1 aromatic carbocycles. The largest absolute Gasteiger partial charge is 0.243 e. The molecule has 0 aliphatic carbocycles. The van der Waals surface area contributed by atoms with Crippen molar-refractivity contribution in [3.63, 3.8) is 0 Å². The van der Waals surface area contributed by atoms with Gasteiger partial charge in [-0.15, -0.1) is 10.2 Å². The number of benzene rings is 1. The summed E-state index contributed by atoms with van der Waals surface area (Å²) >= 11 is 0. The lowest BCUT2D eigenvalue weighted by Gasteiger charge is -2.32. The average molecular weight is 311 g/mol. The molecule has 1 atom stereocenters. The van der Waals surface area contributed by atoms with E-state index < -0.39 is 21.9 Å². The van der Waals surface area contributed by atoms with Gasteiger partial charge in [0.15, 0.2) is 5.82 Å². The molecule has 21 heavy (non-hydrogen) atoms. The van der Waals surface area contributed by atoms with E-state index in [1.54, 1.807) is 0 Å². The van der Waals surface area contributed by atoms with E-state index in [-0.39, 0.29) is 4.90 Å². The zero-order chi connectivity index (χ0) is 14.9. The Hall–Kier alpha value is -1.87. The maximum atomic E-state index is 13.0. The minimum Gasteiger partial charge on any atom is -0.207 e. The van der Waals surface area contributed by atoms with Gasteiger partial charge in [-0.25, -0.2) is 12.8 Å². The van der Waals surface area contributed by atoms with Gasteiger partial charge in [0.05, 0.1) is 10.9 Å². The maximum Gasteiger partial charge on any atom is 0.243 e. The van der Waals surface area contributed by atoms with Crippen molar-refractivity contribution < 1.29 is 12.8 Å². The Bertz CT molecular complexity index is 702. The van der Waals surface area contributed by atoms with Crippen LogP contribution in [-0.4, -0.2) is 39.9 Å². The Labute approximate surface area is 121 Å². The van der Waals surface area contributed by atoms with E-state index in [4.69, 9.17) is 0 Å². The lowest BCUT2D eigenvalue weighted by atomic mass is 10.0. The van der Waals surface area contributed by atoms with Crippen molar-refractivity contribution in [2.75, 3.05) is 6.54 Å². The number of H-pyrrole nitrogens is 1. The second-order valence-corrected chi connectivity index (χ2v) is 6.74.